The van der Waals surface area contributed by atoms with E-state index in [1.807, 2.05) is 38.1 Å². The van der Waals surface area contributed by atoms with Crippen molar-refractivity contribution < 1.29 is 19.4 Å². The monoisotopic (exact) mass is 413 g/mol. The van der Waals surface area contributed by atoms with E-state index in [1.54, 1.807) is 24.1 Å². The van der Waals surface area contributed by atoms with E-state index in [-0.39, 0.29) is 17.5 Å². The van der Waals surface area contributed by atoms with Gasteiger partial charge in [-0.1, -0.05) is 6.92 Å². The van der Waals surface area contributed by atoms with Crippen LogP contribution in [-0.4, -0.2) is 47.1 Å². The van der Waals surface area contributed by atoms with Gasteiger partial charge in [-0.25, -0.2) is 4.79 Å². The molecule has 8 nitrogen and oxygen atoms in total. The molecular weight excluding hydrogens is 386 g/mol. The number of hydrogen-bond donors (Lipinski definition) is 2. The van der Waals surface area contributed by atoms with E-state index in [0.717, 1.165) is 16.3 Å². The Kier molecular flexibility index (Phi) is 6.89. The number of hydrogen-bond acceptors (Lipinski definition) is 5. The Bertz CT molecular complexity index is 1100. The highest BCUT2D eigenvalue weighted by Gasteiger charge is 2.14. The van der Waals surface area contributed by atoms with E-state index >= 15 is 0 Å². The first-order valence-electron chi connectivity index (χ1n) is 9.92. The van der Waals surface area contributed by atoms with Crippen LogP contribution < -0.4 is 15.6 Å². The first-order chi connectivity index (χ1) is 14.4. The Balaban J connectivity index is 1.88. The van der Waals surface area contributed by atoms with Gasteiger partial charge in [-0.15, -0.1) is 0 Å². The Morgan fingerprint density at radius 3 is 2.77 bits per heavy atom. The van der Waals surface area contributed by atoms with Crippen molar-refractivity contribution in [1.82, 2.24) is 14.9 Å². The minimum atomic E-state index is -1.03. The number of ether oxygens (including phenoxy) is 2. The molecule has 2 atom stereocenters. The van der Waals surface area contributed by atoms with Gasteiger partial charge in [0, 0.05) is 43.5 Å². The van der Waals surface area contributed by atoms with Crippen molar-refractivity contribution in [3.8, 4) is 5.75 Å². The molecule has 1 amide bonds. The maximum absolute atomic E-state index is 13.0. The number of carboxylic acid groups (broad SMARTS) is 1. The normalized spacial score (nSPS) is 13.3. The van der Waals surface area contributed by atoms with Crippen molar-refractivity contribution in [3.05, 3.63) is 47.0 Å². The average molecular weight is 413 g/mol. The maximum Gasteiger partial charge on any atom is 0.404 e. The summed E-state index contributed by atoms with van der Waals surface area (Å²) >= 11 is 0. The van der Waals surface area contributed by atoms with Crippen LogP contribution in [0.1, 0.15) is 20.3 Å². The predicted molar refractivity (Wildman–Crippen MR) is 115 cm³/mol. The van der Waals surface area contributed by atoms with E-state index in [1.165, 1.54) is 0 Å². The summed E-state index contributed by atoms with van der Waals surface area (Å²) in [7, 11) is 1.60. The zero-order valence-corrected chi connectivity index (χ0v) is 17.4. The van der Waals surface area contributed by atoms with Gasteiger partial charge in [0.25, 0.3) is 5.56 Å². The number of amides is 1. The van der Waals surface area contributed by atoms with E-state index in [0.29, 0.717) is 37.3 Å². The largest absolute Gasteiger partial charge is 0.493 e. The lowest BCUT2D eigenvalue weighted by atomic mass is 10.0. The summed E-state index contributed by atoms with van der Waals surface area (Å²) in [5.74, 6) is 0.813. The van der Waals surface area contributed by atoms with Gasteiger partial charge in [0.2, 0.25) is 0 Å². The van der Waals surface area contributed by atoms with Gasteiger partial charge in [0.05, 0.1) is 24.1 Å². The highest BCUT2D eigenvalue weighted by atomic mass is 16.5. The standard InChI is InChI=1S/C22H27N3O5/c1-14(10-15(2)24-22(27)28)13-30-16-4-5-18-17-6-7-23-12-19(17)21(26)25(8-9-29-3)20(18)11-16/h4-7,11-12,14-15,24H,8-10,13H2,1-3H3,(H,27,28). The molecule has 0 saturated carbocycles. The van der Waals surface area contributed by atoms with Gasteiger partial charge >= 0.3 is 6.09 Å². The second kappa shape index (κ2) is 9.58. The lowest BCUT2D eigenvalue weighted by Crippen LogP contribution is -2.33. The van der Waals surface area contributed by atoms with Crippen molar-refractivity contribution in [2.45, 2.75) is 32.9 Å². The lowest BCUT2D eigenvalue weighted by molar-refractivity contribution is 0.185. The number of rotatable bonds is 9. The van der Waals surface area contributed by atoms with Crippen molar-refractivity contribution in [2.24, 2.45) is 5.92 Å². The minimum absolute atomic E-state index is 0.110. The van der Waals surface area contributed by atoms with E-state index < -0.39 is 6.09 Å². The van der Waals surface area contributed by atoms with Gasteiger partial charge in [-0.05, 0) is 42.8 Å². The molecule has 0 aliphatic heterocycles. The van der Waals surface area contributed by atoms with Gasteiger partial charge < -0.3 is 24.5 Å². The maximum atomic E-state index is 13.0. The molecule has 160 valence electrons. The second-order valence-corrected chi connectivity index (χ2v) is 7.55. The van der Waals surface area contributed by atoms with Gasteiger partial charge in [-0.3, -0.25) is 9.78 Å². The molecule has 2 heterocycles. The minimum Gasteiger partial charge on any atom is -0.493 e. The van der Waals surface area contributed by atoms with Crippen LogP contribution in [-0.2, 0) is 11.3 Å². The van der Waals surface area contributed by atoms with Crippen LogP contribution in [0.25, 0.3) is 21.7 Å². The zero-order chi connectivity index (χ0) is 21.7. The molecule has 0 fully saturated rings. The van der Waals surface area contributed by atoms with Crippen molar-refractivity contribution in [3.63, 3.8) is 0 Å². The third-order valence-electron chi connectivity index (χ3n) is 5.03. The lowest BCUT2D eigenvalue weighted by Gasteiger charge is -2.18. The van der Waals surface area contributed by atoms with Gasteiger partial charge in [0.1, 0.15) is 5.75 Å². The number of aromatic nitrogens is 2. The van der Waals surface area contributed by atoms with Crippen LogP contribution in [0.5, 0.6) is 5.75 Å². The number of nitrogens with one attached hydrogen (secondary N) is 1. The molecule has 3 rings (SSSR count). The smallest absolute Gasteiger partial charge is 0.404 e. The summed E-state index contributed by atoms with van der Waals surface area (Å²) in [5, 5.41) is 13.6. The first kappa shape index (κ1) is 21.6. The fourth-order valence-electron chi connectivity index (χ4n) is 3.69. The zero-order valence-electron chi connectivity index (χ0n) is 17.4. The molecule has 8 heteroatoms. The molecule has 30 heavy (non-hydrogen) atoms. The number of methoxy groups -OCH3 is 1. The van der Waals surface area contributed by atoms with Crippen LogP contribution in [0.4, 0.5) is 4.79 Å². The van der Waals surface area contributed by atoms with E-state index in [9.17, 15) is 9.59 Å². The van der Waals surface area contributed by atoms with Crippen LogP contribution in [0.3, 0.4) is 0 Å². The Morgan fingerprint density at radius 2 is 2.03 bits per heavy atom. The summed E-state index contributed by atoms with van der Waals surface area (Å²) in [5.41, 5.74) is 0.670. The van der Waals surface area contributed by atoms with Crippen molar-refractivity contribution >= 4 is 27.8 Å². The van der Waals surface area contributed by atoms with Crippen LogP contribution in [0.2, 0.25) is 0 Å². The number of pyridine rings is 2. The first-order valence-corrected chi connectivity index (χ1v) is 9.92. The molecule has 0 saturated heterocycles. The third kappa shape index (κ3) is 4.88. The SMILES string of the molecule is COCCn1c(=O)c2cnccc2c2ccc(OCC(C)CC(C)NC(=O)O)cc21. The van der Waals surface area contributed by atoms with Crippen LogP contribution >= 0.6 is 0 Å². The van der Waals surface area contributed by atoms with Crippen LogP contribution in [0, 0.1) is 5.92 Å². The second-order valence-electron chi connectivity index (χ2n) is 7.55. The van der Waals surface area contributed by atoms with Crippen molar-refractivity contribution in [2.75, 3.05) is 20.3 Å². The highest BCUT2D eigenvalue weighted by molar-refractivity contribution is 6.05. The van der Waals surface area contributed by atoms with Crippen molar-refractivity contribution in [1.29, 1.82) is 0 Å². The summed E-state index contributed by atoms with van der Waals surface area (Å²) in [4.78, 5) is 27.8. The molecule has 0 bridgehead atoms. The Hall–Kier alpha value is -3.13. The number of nitrogens with zero attached hydrogens (tertiary/aromatic N) is 2. The molecule has 0 aliphatic rings. The Morgan fingerprint density at radius 1 is 1.23 bits per heavy atom. The topological polar surface area (TPSA) is 103 Å². The molecule has 2 N–H and O–H groups in total. The predicted octanol–water partition coefficient (Wildman–Crippen LogP) is 3.26. The molecule has 0 radical (unpaired) electrons. The molecule has 2 unspecified atom stereocenters. The number of fused-ring (bicyclic) bond motifs is 3. The molecule has 0 aliphatic carbocycles. The van der Waals surface area contributed by atoms with E-state index in [4.69, 9.17) is 14.6 Å². The third-order valence-corrected chi connectivity index (χ3v) is 5.03. The van der Waals surface area contributed by atoms with Gasteiger partial charge in [0.15, 0.2) is 0 Å². The molecule has 1 aromatic carbocycles. The summed E-state index contributed by atoms with van der Waals surface area (Å²) in [6.07, 6.45) is 2.91. The van der Waals surface area contributed by atoms with Gasteiger partial charge in [-0.2, -0.15) is 0 Å². The van der Waals surface area contributed by atoms with E-state index in [2.05, 4.69) is 10.3 Å². The number of carbonyl (C=O) groups is 1. The fourth-order valence-corrected chi connectivity index (χ4v) is 3.69. The highest BCUT2D eigenvalue weighted by Crippen LogP contribution is 2.26. The van der Waals surface area contributed by atoms with Crippen LogP contribution in [0.15, 0.2) is 41.5 Å². The average Bonchev–Trinajstić information content (AvgIpc) is 2.71. The Labute approximate surface area is 174 Å². The molecular formula is C22H27N3O5. The summed E-state index contributed by atoms with van der Waals surface area (Å²) in [6, 6.07) is 7.40. The quantitative estimate of drug-likeness (QED) is 0.522. The molecule has 0 spiro atoms. The number of benzene rings is 1. The summed E-state index contributed by atoms with van der Waals surface area (Å²) in [6.45, 7) is 5.12. The molecule has 2 aromatic heterocycles. The summed E-state index contributed by atoms with van der Waals surface area (Å²) < 4.78 is 12.8. The molecule has 3 aromatic rings. The fraction of sp³-hybridized carbons (Fsp3) is 0.409.